The third kappa shape index (κ3) is 4.27. The molecule has 23 heavy (non-hydrogen) atoms. The van der Waals surface area contributed by atoms with Crippen molar-refractivity contribution in [3.8, 4) is 5.75 Å². The summed E-state index contributed by atoms with van der Waals surface area (Å²) in [5.41, 5.74) is -0.340. The largest absolute Gasteiger partial charge is 0.502 e. The maximum atomic E-state index is 12.1. The number of carbonyl (C=O) groups is 1. The van der Waals surface area contributed by atoms with Gasteiger partial charge in [0.25, 0.3) is 5.91 Å². The van der Waals surface area contributed by atoms with Crippen molar-refractivity contribution in [3.63, 3.8) is 0 Å². The summed E-state index contributed by atoms with van der Waals surface area (Å²) in [6.07, 6.45) is -0.332. The smallest absolute Gasteiger partial charge is 0.310 e. The molecule has 0 fully saturated rings. The van der Waals surface area contributed by atoms with Gasteiger partial charge in [0.05, 0.1) is 11.0 Å². The predicted molar refractivity (Wildman–Crippen MR) is 85.6 cm³/mol. The molecule has 1 aromatic heterocycles. The highest BCUT2D eigenvalue weighted by molar-refractivity contribution is 7.10. The van der Waals surface area contributed by atoms with Crippen LogP contribution < -0.4 is 5.32 Å². The van der Waals surface area contributed by atoms with Crippen LogP contribution in [-0.2, 0) is 0 Å². The highest BCUT2D eigenvalue weighted by atomic mass is 32.1. The standard InChI is InChI=1S/C15H16N2O5S/c1-9(7-13(19)14-3-2-6-23-14)16-15(20)10-4-5-11(17(21)22)12(18)8-10/h2-6,8-9,13,18-19H,7H2,1H3,(H,16,20)/t9-,13-/m0/s1. The van der Waals surface area contributed by atoms with Crippen LogP contribution in [0.2, 0.25) is 0 Å². The molecule has 0 bridgehead atoms. The summed E-state index contributed by atoms with van der Waals surface area (Å²) >= 11 is 1.43. The van der Waals surface area contributed by atoms with E-state index in [9.17, 15) is 25.1 Å². The number of hydrogen-bond donors (Lipinski definition) is 3. The van der Waals surface area contributed by atoms with Crippen molar-refractivity contribution in [2.75, 3.05) is 0 Å². The number of aliphatic hydroxyl groups excluding tert-OH is 1. The number of hydrogen-bond acceptors (Lipinski definition) is 6. The van der Waals surface area contributed by atoms with E-state index in [1.54, 1.807) is 6.92 Å². The minimum Gasteiger partial charge on any atom is -0.502 e. The lowest BCUT2D eigenvalue weighted by Gasteiger charge is -2.17. The summed E-state index contributed by atoms with van der Waals surface area (Å²) < 4.78 is 0. The lowest BCUT2D eigenvalue weighted by Crippen LogP contribution is -2.33. The van der Waals surface area contributed by atoms with Crippen LogP contribution in [0.25, 0.3) is 0 Å². The summed E-state index contributed by atoms with van der Waals surface area (Å²) in [5.74, 6) is -1.03. The Bertz CT molecular complexity index is 702. The number of carbonyl (C=O) groups excluding carboxylic acids is 1. The minimum absolute atomic E-state index is 0.116. The molecule has 0 saturated carbocycles. The first-order valence-electron chi connectivity index (χ1n) is 6.88. The van der Waals surface area contributed by atoms with Crippen LogP contribution in [0.15, 0.2) is 35.7 Å². The van der Waals surface area contributed by atoms with Gasteiger partial charge in [-0.3, -0.25) is 14.9 Å². The Morgan fingerprint density at radius 2 is 2.17 bits per heavy atom. The molecular weight excluding hydrogens is 320 g/mol. The van der Waals surface area contributed by atoms with Crippen LogP contribution in [-0.4, -0.2) is 27.1 Å². The molecule has 0 aliphatic carbocycles. The van der Waals surface area contributed by atoms with Gasteiger partial charge in [0.15, 0.2) is 5.75 Å². The third-order valence-corrected chi connectivity index (χ3v) is 4.23. The third-order valence-electron chi connectivity index (χ3n) is 3.26. The van der Waals surface area contributed by atoms with Crippen molar-refractivity contribution in [1.29, 1.82) is 0 Å². The number of amides is 1. The van der Waals surface area contributed by atoms with E-state index in [0.29, 0.717) is 6.42 Å². The molecule has 8 heteroatoms. The zero-order valence-corrected chi connectivity index (χ0v) is 13.1. The second-order valence-corrected chi connectivity index (χ2v) is 6.08. The zero-order valence-electron chi connectivity index (χ0n) is 12.3. The van der Waals surface area contributed by atoms with Crippen LogP contribution in [0.1, 0.15) is 34.7 Å². The molecule has 0 spiro atoms. The predicted octanol–water partition coefficient (Wildman–Crippen LogP) is 2.60. The topological polar surface area (TPSA) is 113 Å². The van der Waals surface area contributed by atoms with Gasteiger partial charge < -0.3 is 15.5 Å². The maximum Gasteiger partial charge on any atom is 0.310 e. The summed E-state index contributed by atoms with van der Waals surface area (Å²) in [4.78, 5) is 22.8. The fourth-order valence-electron chi connectivity index (χ4n) is 2.12. The quantitative estimate of drug-likeness (QED) is 0.554. The number of thiophene rings is 1. The molecule has 0 unspecified atom stereocenters. The normalized spacial score (nSPS) is 13.3. The van der Waals surface area contributed by atoms with Crippen molar-refractivity contribution in [2.45, 2.75) is 25.5 Å². The Hall–Kier alpha value is -2.45. The molecule has 1 heterocycles. The highest BCUT2D eigenvalue weighted by Gasteiger charge is 2.19. The lowest BCUT2D eigenvalue weighted by molar-refractivity contribution is -0.385. The second-order valence-electron chi connectivity index (χ2n) is 5.10. The molecule has 0 aliphatic rings. The molecule has 2 atom stereocenters. The van der Waals surface area contributed by atoms with E-state index in [1.807, 2.05) is 17.5 Å². The fraction of sp³-hybridized carbons (Fsp3) is 0.267. The molecule has 1 amide bonds. The highest BCUT2D eigenvalue weighted by Crippen LogP contribution is 2.26. The van der Waals surface area contributed by atoms with Gasteiger partial charge in [-0.1, -0.05) is 6.07 Å². The average molecular weight is 336 g/mol. The molecule has 3 N–H and O–H groups in total. The van der Waals surface area contributed by atoms with Crippen LogP contribution in [0.5, 0.6) is 5.75 Å². The van der Waals surface area contributed by atoms with Crippen LogP contribution in [0.3, 0.4) is 0 Å². The molecule has 2 aromatic rings. The van der Waals surface area contributed by atoms with E-state index in [1.165, 1.54) is 17.4 Å². The summed E-state index contributed by atoms with van der Waals surface area (Å²) in [7, 11) is 0. The molecule has 122 valence electrons. The van der Waals surface area contributed by atoms with E-state index in [0.717, 1.165) is 17.0 Å². The van der Waals surface area contributed by atoms with Crippen LogP contribution >= 0.6 is 11.3 Å². The van der Waals surface area contributed by atoms with Gasteiger partial charge in [-0.25, -0.2) is 0 Å². The summed E-state index contributed by atoms with van der Waals surface area (Å²) in [6, 6.07) is 6.75. The first-order chi connectivity index (χ1) is 10.9. The fourth-order valence-corrected chi connectivity index (χ4v) is 2.84. The van der Waals surface area contributed by atoms with Gasteiger partial charge in [-0.05, 0) is 36.9 Å². The Morgan fingerprint density at radius 1 is 1.43 bits per heavy atom. The van der Waals surface area contributed by atoms with E-state index < -0.39 is 28.4 Å². The number of aromatic hydroxyl groups is 1. The number of benzene rings is 1. The van der Waals surface area contributed by atoms with Gasteiger partial charge in [0.2, 0.25) is 0 Å². The molecule has 1 aromatic carbocycles. The zero-order chi connectivity index (χ0) is 17.0. The van der Waals surface area contributed by atoms with E-state index in [4.69, 9.17) is 0 Å². The van der Waals surface area contributed by atoms with Gasteiger partial charge in [0, 0.05) is 22.5 Å². The van der Waals surface area contributed by atoms with Crippen molar-refractivity contribution in [1.82, 2.24) is 5.32 Å². The van der Waals surface area contributed by atoms with Gasteiger partial charge in [0.1, 0.15) is 0 Å². The van der Waals surface area contributed by atoms with Crippen molar-refractivity contribution >= 4 is 22.9 Å². The van der Waals surface area contributed by atoms with Gasteiger partial charge in [-0.2, -0.15) is 0 Å². The van der Waals surface area contributed by atoms with Crippen LogP contribution in [0.4, 0.5) is 5.69 Å². The average Bonchev–Trinajstić information content (AvgIpc) is 3.00. The van der Waals surface area contributed by atoms with Gasteiger partial charge in [-0.15, -0.1) is 11.3 Å². The Balaban J connectivity index is 1.98. The Morgan fingerprint density at radius 3 is 2.74 bits per heavy atom. The molecule has 7 nitrogen and oxygen atoms in total. The second kappa shape index (κ2) is 7.21. The molecule has 0 aliphatic heterocycles. The number of phenols is 1. The van der Waals surface area contributed by atoms with Gasteiger partial charge >= 0.3 is 5.69 Å². The number of aliphatic hydroxyl groups is 1. The molecule has 0 saturated heterocycles. The Labute approximate surface area is 136 Å². The maximum absolute atomic E-state index is 12.1. The number of nitro groups is 1. The van der Waals surface area contributed by atoms with E-state index in [2.05, 4.69) is 5.32 Å². The van der Waals surface area contributed by atoms with Crippen molar-refractivity contribution < 1.29 is 19.9 Å². The van der Waals surface area contributed by atoms with Crippen molar-refractivity contribution in [2.24, 2.45) is 0 Å². The SMILES string of the molecule is C[C@@H](C[C@H](O)c1cccs1)NC(=O)c1ccc([N+](=O)[O-])c(O)c1. The number of nitrogens with zero attached hydrogens (tertiary/aromatic N) is 1. The molecule has 0 radical (unpaired) electrons. The molecular formula is C15H16N2O5S. The molecule has 2 rings (SSSR count). The van der Waals surface area contributed by atoms with Crippen molar-refractivity contribution in [3.05, 3.63) is 56.3 Å². The minimum atomic E-state index is -0.725. The first kappa shape index (κ1) is 16.9. The summed E-state index contributed by atoms with van der Waals surface area (Å²) in [5, 5.41) is 34.8. The number of rotatable bonds is 6. The van der Waals surface area contributed by atoms with E-state index in [-0.39, 0.29) is 11.6 Å². The summed E-state index contributed by atoms with van der Waals surface area (Å²) in [6.45, 7) is 1.75. The van der Waals surface area contributed by atoms with E-state index >= 15 is 0 Å². The number of nitro benzene ring substituents is 1. The van der Waals surface area contributed by atoms with Crippen LogP contribution in [0, 0.1) is 10.1 Å². The lowest BCUT2D eigenvalue weighted by atomic mass is 10.1. The number of phenolic OH excluding ortho intramolecular Hbond substituents is 1. The monoisotopic (exact) mass is 336 g/mol. The first-order valence-corrected chi connectivity index (χ1v) is 7.76. The Kier molecular flexibility index (Phi) is 5.30. The number of nitrogens with one attached hydrogen (secondary N) is 1.